The molecule has 0 heterocycles. The zero-order valence-corrected chi connectivity index (χ0v) is 13.6. The lowest BCUT2D eigenvalue weighted by Gasteiger charge is -2.18. The van der Waals surface area contributed by atoms with Crippen LogP contribution in [-0.4, -0.2) is 5.11 Å². The molecule has 106 valence electrons. The summed E-state index contributed by atoms with van der Waals surface area (Å²) in [6.45, 7) is 2.75. The van der Waals surface area contributed by atoms with Crippen molar-refractivity contribution in [2.45, 2.75) is 25.9 Å². The molecule has 0 aliphatic carbocycles. The molecule has 2 aromatic rings. The first-order chi connectivity index (χ1) is 9.61. The molecule has 0 fully saturated rings. The van der Waals surface area contributed by atoms with E-state index in [0.29, 0.717) is 12.3 Å². The average molecular weight is 355 g/mol. The highest BCUT2D eigenvalue weighted by atomic mass is 79.9. The molecule has 0 aromatic heterocycles. The number of hydrogen-bond acceptors (Lipinski definition) is 2. The van der Waals surface area contributed by atoms with Crippen LogP contribution in [0.1, 0.15) is 30.5 Å². The molecule has 2 N–H and O–H groups in total. The van der Waals surface area contributed by atoms with Crippen molar-refractivity contribution in [2.75, 3.05) is 0 Å². The van der Waals surface area contributed by atoms with Gasteiger partial charge in [0.1, 0.15) is 5.75 Å². The SMILES string of the molecule is CCC(NCc1cccc(Br)c1O)c1ccc(Cl)cc1. The van der Waals surface area contributed by atoms with Crippen LogP contribution in [0.3, 0.4) is 0 Å². The summed E-state index contributed by atoms with van der Waals surface area (Å²) in [5.74, 6) is 0.297. The summed E-state index contributed by atoms with van der Waals surface area (Å²) in [7, 11) is 0. The van der Waals surface area contributed by atoms with Crippen LogP contribution < -0.4 is 5.32 Å². The van der Waals surface area contributed by atoms with Crippen LogP contribution in [0, 0.1) is 0 Å². The molecule has 20 heavy (non-hydrogen) atoms. The predicted octanol–water partition coefficient (Wildman–Crippen LogP) is 5.05. The summed E-state index contributed by atoms with van der Waals surface area (Å²) in [6, 6.07) is 13.8. The van der Waals surface area contributed by atoms with Crippen LogP contribution >= 0.6 is 27.5 Å². The first kappa shape index (κ1) is 15.4. The third-order valence-electron chi connectivity index (χ3n) is 3.29. The summed E-state index contributed by atoms with van der Waals surface area (Å²) in [6.07, 6.45) is 0.969. The van der Waals surface area contributed by atoms with Gasteiger partial charge in [-0.25, -0.2) is 0 Å². The molecule has 2 nitrogen and oxygen atoms in total. The van der Waals surface area contributed by atoms with Gasteiger partial charge in [-0.2, -0.15) is 0 Å². The Morgan fingerprint density at radius 1 is 1.20 bits per heavy atom. The van der Waals surface area contributed by atoms with Crippen molar-refractivity contribution in [1.82, 2.24) is 5.32 Å². The summed E-state index contributed by atoms with van der Waals surface area (Å²) in [5.41, 5.74) is 2.08. The highest BCUT2D eigenvalue weighted by Gasteiger charge is 2.10. The predicted molar refractivity (Wildman–Crippen MR) is 87.1 cm³/mol. The Balaban J connectivity index is 2.07. The lowest BCUT2D eigenvalue weighted by Crippen LogP contribution is -2.20. The minimum absolute atomic E-state index is 0.241. The number of rotatable bonds is 5. The molecule has 2 rings (SSSR count). The van der Waals surface area contributed by atoms with E-state index < -0.39 is 0 Å². The van der Waals surface area contributed by atoms with Gasteiger partial charge < -0.3 is 10.4 Å². The Hall–Kier alpha value is -1.03. The van der Waals surface area contributed by atoms with Crippen molar-refractivity contribution in [3.63, 3.8) is 0 Å². The van der Waals surface area contributed by atoms with Crippen LogP contribution in [0.2, 0.25) is 5.02 Å². The van der Waals surface area contributed by atoms with Gasteiger partial charge in [0.25, 0.3) is 0 Å². The molecule has 4 heteroatoms. The highest BCUT2D eigenvalue weighted by Crippen LogP contribution is 2.28. The quantitative estimate of drug-likeness (QED) is 0.787. The fourth-order valence-corrected chi connectivity index (χ4v) is 2.66. The summed E-state index contributed by atoms with van der Waals surface area (Å²) < 4.78 is 0.719. The Kier molecular flexibility index (Phi) is 5.46. The molecular formula is C16H17BrClNO. The molecule has 0 amide bonds. The van der Waals surface area contributed by atoms with Crippen molar-refractivity contribution >= 4 is 27.5 Å². The Bertz CT molecular complexity index is 571. The molecule has 0 radical (unpaired) electrons. The first-order valence-corrected chi connectivity index (χ1v) is 7.74. The maximum atomic E-state index is 9.99. The second-order valence-corrected chi connectivity index (χ2v) is 5.93. The largest absolute Gasteiger partial charge is 0.506 e. The molecule has 1 unspecified atom stereocenters. The average Bonchev–Trinajstić information content (AvgIpc) is 2.45. The van der Waals surface area contributed by atoms with Crippen molar-refractivity contribution < 1.29 is 5.11 Å². The van der Waals surface area contributed by atoms with Gasteiger partial charge in [-0.3, -0.25) is 0 Å². The topological polar surface area (TPSA) is 32.3 Å². The van der Waals surface area contributed by atoms with Crippen LogP contribution in [0.15, 0.2) is 46.9 Å². The maximum absolute atomic E-state index is 9.99. The van der Waals surface area contributed by atoms with Gasteiger partial charge in [0, 0.05) is 23.2 Å². The van der Waals surface area contributed by atoms with Gasteiger partial charge in [-0.1, -0.05) is 42.8 Å². The Morgan fingerprint density at radius 2 is 1.90 bits per heavy atom. The van der Waals surface area contributed by atoms with E-state index in [-0.39, 0.29) is 6.04 Å². The van der Waals surface area contributed by atoms with Gasteiger partial charge in [-0.05, 0) is 46.1 Å². The second-order valence-electron chi connectivity index (χ2n) is 4.64. The standard InChI is InChI=1S/C16H17BrClNO/c1-2-15(11-6-8-13(18)9-7-11)19-10-12-4-3-5-14(17)16(12)20/h3-9,15,19-20H,2,10H2,1H3. The smallest absolute Gasteiger partial charge is 0.134 e. The summed E-state index contributed by atoms with van der Waals surface area (Å²) in [4.78, 5) is 0. The zero-order chi connectivity index (χ0) is 14.5. The van der Waals surface area contributed by atoms with Crippen molar-refractivity contribution in [3.8, 4) is 5.75 Å². The molecule has 0 saturated heterocycles. The molecule has 0 spiro atoms. The molecule has 2 aromatic carbocycles. The number of hydrogen-bond donors (Lipinski definition) is 2. The van der Waals surface area contributed by atoms with Crippen LogP contribution in [0.4, 0.5) is 0 Å². The Labute approximate surface area is 132 Å². The van der Waals surface area contributed by atoms with Crippen molar-refractivity contribution in [2.24, 2.45) is 0 Å². The highest BCUT2D eigenvalue weighted by molar-refractivity contribution is 9.10. The molecule has 0 aliphatic rings. The van der Waals surface area contributed by atoms with Gasteiger partial charge >= 0.3 is 0 Å². The zero-order valence-electron chi connectivity index (χ0n) is 11.2. The molecule has 0 aliphatic heterocycles. The van der Waals surface area contributed by atoms with Gasteiger partial charge in [0.15, 0.2) is 0 Å². The van der Waals surface area contributed by atoms with E-state index in [0.717, 1.165) is 21.5 Å². The van der Waals surface area contributed by atoms with Crippen LogP contribution in [0.5, 0.6) is 5.75 Å². The number of nitrogens with one attached hydrogen (secondary N) is 1. The van der Waals surface area contributed by atoms with E-state index in [1.54, 1.807) is 0 Å². The first-order valence-electron chi connectivity index (χ1n) is 6.57. The number of halogens is 2. The third kappa shape index (κ3) is 3.75. The van der Waals surface area contributed by atoms with Crippen molar-refractivity contribution in [3.05, 3.63) is 63.1 Å². The number of phenolic OH excluding ortho intramolecular Hbond substituents is 1. The maximum Gasteiger partial charge on any atom is 0.134 e. The fourth-order valence-electron chi connectivity index (χ4n) is 2.13. The van der Waals surface area contributed by atoms with Gasteiger partial charge in [0.05, 0.1) is 4.47 Å². The minimum Gasteiger partial charge on any atom is -0.506 e. The third-order valence-corrected chi connectivity index (χ3v) is 4.18. The molecular weight excluding hydrogens is 338 g/mol. The number of benzene rings is 2. The second kappa shape index (κ2) is 7.11. The van der Waals surface area contributed by atoms with E-state index in [2.05, 4.69) is 28.2 Å². The van der Waals surface area contributed by atoms with E-state index in [4.69, 9.17) is 11.6 Å². The van der Waals surface area contributed by atoms with E-state index in [1.165, 1.54) is 5.56 Å². The fraction of sp³-hybridized carbons (Fsp3) is 0.250. The summed E-state index contributed by atoms with van der Waals surface area (Å²) >= 11 is 9.24. The number of phenols is 1. The van der Waals surface area contributed by atoms with E-state index in [9.17, 15) is 5.11 Å². The van der Waals surface area contributed by atoms with Gasteiger partial charge in [-0.15, -0.1) is 0 Å². The lowest BCUT2D eigenvalue weighted by atomic mass is 10.0. The minimum atomic E-state index is 0.241. The lowest BCUT2D eigenvalue weighted by molar-refractivity contribution is 0.452. The van der Waals surface area contributed by atoms with E-state index >= 15 is 0 Å². The number of para-hydroxylation sites is 1. The molecule has 0 saturated carbocycles. The van der Waals surface area contributed by atoms with Crippen LogP contribution in [0.25, 0.3) is 0 Å². The van der Waals surface area contributed by atoms with Gasteiger partial charge in [0.2, 0.25) is 0 Å². The number of aromatic hydroxyl groups is 1. The molecule has 0 bridgehead atoms. The summed E-state index contributed by atoms with van der Waals surface area (Å²) in [5, 5.41) is 14.2. The molecule has 1 atom stereocenters. The van der Waals surface area contributed by atoms with Crippen LogP contribution in [-0.2, 0) is 6.54 Å². The Morgan fingerprint density at radius 3 is 2.55 bits per heavy atom. The monoisotopic (exact) mass is 353 g/mol. The van der Waals surface area contributed by atoms with Crippen molar-refractivity contribution in [1.29, 1.82) is 0 Å². The van der Waals surface area contributed by atoms with E-state index in [1.807, 2.05) is 42.5 Å². The normalized spacial score (nSPS) is 12.3.